The Hall–Kier alpha value is -0.570. The predicted molar refractivity (Wildman–Crippen MR) is 74.5 cm³/mol. The van der Waals surface area contributed by atoms with Gasteiger partial charge in [-0.3, -0.25) is 4.79 Å². The van der Waals surface area contributed by atoms with Gasteiger partial charge in [-0.05, 0) is 51.1 Å². The van der Waals surface area contributed by atoms with E-state index in [1.807, 2.05) is 6.92 Å². The molecule has 1 heterocycles. The van der Waals surface area contributed by atoms with Gasteiger partial charge in [0.15, 0.2) is 0 Å². The van der Waals surface area contributed by atoms with Crippen LogP contribution in [0.3, 0.4) is 0 Å². The standard InChI is InChI=1S/C15H29NO2/c1-6-18-14(17)11-12(2)16-9-7-13(8-10-16)15(3,4)5/h12-13H,6-11H2,1-5H3. The van der Waals surface area contributed by atoms with Crippen molar-refractivity contribution in [2.45, 2.75) is 59.9 Å². The Balaban J connectivity index is 2.36. The summed E-state index contributed by atoms with van der Waals surface area (Å²) in [4.78, 5) is 13.9. The fraction of sp³-hybridized carbons (Fsp3) is 0.933. The molecule has 0 N–H and O–H groups in total. The quantitative estimate of drug-likeness (QED) is 0.723. The smallest absolute Gasteiger partial charge is 0.307 e. The lowest BCUT2D eigenvalue weighted by atomic mass is 9.75. The van der Waals surface area contributed by atoms with Crippen LogP contribution < -0.4 is 0 Å². The van der Waals surface area contributed by atoms with Crippen LogP contribution in [0.15, 0.2) is 0 Å². The number of carbonyl (C=O) groups excluding carboxylic acids is 1. The van der Waals surface area contributed by atoms with Crippen LogP contribution in [0.2, 0.25) is 0 Å². The summed E-state index contributed by atoms with van der Waals surface area (Å²) in [5.41, 5.74) is 0.413. The summed E-state index contributed by atoms with van der Waals surface area (Å²) in [6.45, 7) is 13.7. The molecule has 18 heavy (non-hydrogen) atoms. The molecule has 1 unspecified atom stereocenters. The molecule has 1 rings (SSSR count). The fourth-order valence-corrected chi connectivity index (χ4v) is 2.80. The summed E-state index contributed by atoms with van der Waals surface area (Å²) < 4.78 is 5.01. The molecule has 3 heteroatoms. The van der Waals surface area contributed by atoms with Gasteiger partial charge in [0.2, 0.25) is 0 Å². The zero-order valence-corrected chi connectivity index (χ0v) is 12.7. The van der Waals surface area contributed by atoms with Crippen molar-refractivity contribution >= 4 is 5.97 Å². The van der Waals surface area contributed by atoms with E-state index >= 15 is 0 Å². The van der Waals surface area contributed by atoms with E-state index < -0.39 is 0 Å². The largest absolute Gasteiger partial charge is 0.466 e. The van der Waals surface area contributed by atoms with Crippen molar-refractivity contribution in [2.75, 3.05) is 19.7 Å². The number of piperidine rings is 1. The van der Waals surface area contributed by atoms with Crippen molar-refractivity contribution in [3.63, 3.8) is 0 Å². The molecule has 0 bridgehead atoms. The average molecular weight is 255 g/mol. The normalized spacial score (nSPS) is 20.7. The average Bonchev–Trinajstić information content (AvgIpc) is 2.28. The van der Waals surface area contributed by atoms with Crippen LogP contribution in [0.5, 0.6) is 0 Å². The van der Waals surface area contributed by atoms with E-state index in [0.29, 0.717) is 24.5 Å². The first-order chi connectivity index (χ1) is 8.34. The van der Waals surface area contributed by atoms with Gasteiger partial charge in [0.1, 0.15) is 0 Å². The summed E-state index contributed by atoms with van der Waals surface area (Å²) in [5.74, 6) is 0.742. The minimum Gasteiger partial charge on any atom is -0.466 e. The molecule has 0 aromatic heterocycles. The van der Waals surface area contributed by atoms with Gasteiger partial charge in [-0.25, -0.2) is 0 Å². The van der Waals surface area contributed by atoms with Crippen molar-refractivity contribution in [1.29, 1.82) is 0 Å². The van der Waals surface area contributed by atoms with Crippen LogP contribution in [-0.4, -0.2) is 36.6 Å². The number of carbonyl (C=O) groups is 1. The number of rotatable bonds is 4. The molecule has 0 radical (unpaired) electrons. The summed E-state index contributed by atoms with van der Waals surface area (Å²) in [6, 6.07) is 0.310. The van der Waals surface area contributed by atoms with Crippen LogP contribution in [0.25, 0.3) is 0 Å². The molecule has 0 spiro atoms. The summed E-state index contributed by atoms with van der Waals surface area (Å²) in [7, 11) is 0. The molecule has 1 aliphatic rings. The van der Waals surface area contributed by atoms with Crippen LogP contribution in [0, 0.1) is 11.3 Å². The molecule has 106 valence electrons. The molecule has 1 fully saturated rings. The first kappa shape index (κ1) is 15.5. The van der Waals surface area contributed by atoms with Crippen LogP contribution in [0.4, 0.5) is 0 Å². The predicted octanol–water partition coefficient (Wildman–Crippen LogP) is 3.09. The van der Waals surface area contributed by atoms with Gasteiger partial charge >= 0.3 is 5.97 Å². The molecular formula is C15H29NO2. The zero-order chi connectivity index (χ0) is 13.8. The maximum absolute atomic E-state index is 11.5. The Kier molecular flexibility index (Phi) is 5.64. The van der Waals surface area contributed by atoms with E-state index in [1.54, 1.807) is 0 Å². The third-order valence-corrected chi connectivity index (χ3v) is 4.15. The van der Waals surface area contributed by atoms with Crippen LogP contribution >= 0.6 is 0 Å². The second kappa shape index (κ2) is 6.55. The van der Waals surface area contributed by atoms with Crippen molar-refractivity contribution in [3.05, 3.63) is 0 Å². The summed E-state index contributed by atoms with van der Waals surface area (Å²) in [5, 5.41) is 0. The van der Waals surface area contributed by atoms with Crippen LogP contribution in [0.1, 0.15) is 53.9 Å². The van der Waals surface area contributed by atoms with E-state index in [1.165, 1.54) is 12.8 Å². The maximum atomic E-state index is 11.5. The molecular weight excluding hydrogens is 226 g/mol. The first-order valence-corrected chi connectivity index (χ1v) is 7.24. The van der Waals surface area contributed by atoms with E-state index in [4.69, 9.17) is 4.74 Å². The van der Waals surface area contributed by atoms with Gasteiger partial charge in [-0.1, -0.05) is 20.8 Å². The minimum absolute atomic E-state index is 0.0667. The number of hydrogen-bond acceptors (Lipinski definition) is 3. The second-order valence-corrected chi connectivity index (χ2v) is 6.53. The lowest BCUT2D eigenvalue weighted by Crippen LogP contribution is -2.43. The topological polar surface area (TPSA) is 29.5 Å². The summed E-state index contributed by atoms with van der Waals surface area (Å²) >= 11 is 0. The van der Waals surface area contributed by atoms with Crippen molar-refractivity contribution in [1.82, 2.24) is 4.90 Å². The maximum Gasteiger partial charge on any atom is 0.307 e. The fourth-order valence-electron chi connectivity index (χ4n) is 2.80. The van der Waals surface area contributed by atoms with Gasteiger partial charge < -0.3 is 9.64 Å². The van der Waals surface area contributed by atoms with Crippen molar-refractivity contribution in [3.8, 4) is 0 Å². The van der Waals surface area contributed by atoms with Gasteiger partial charge in [0.25, 0.3) is 0 Å². The SMILES string of the molecule is CCOC(=O)CC(C)N1CCC(C(C)(C)C)CC1. The summed E-state index contributed by atoms with van der Waals surface area (Å²) in [6.07, 6.45) is 3.02. The van der Waals surface area contributed by atoms with Gasteiger partial charge in [-0.2, -0.15) is 0 Å². The minimum atomic E-state index is -0.0667. The third kappa shape index (κ3) is 4.60. The van der Waals surface area contributed by atoms with E-state index in [0.717, 1.165) is 19.0 Å². The molecule has 0 aliphatic carbocycles. The molecule has 0 aromatic rings. The Labute approximate surface area is 112 Å². The second-order valence-electron chi connectivity index (χ2n) is 6.53. The number of esters is 1. The highest BCUT2D eigenvalue weighted by Gasteiger charge is 2.30. The lowest BCUT2D eigenvalue weighted by Gasteiger charge is -2.40. The molecule has 0 amide bonds. The zero-order valence-electron chi connectivity index (χ0n) is 12.7. The Morgan fingerprint density at radius 3 is 2.33 bits per heavy atom. The van der Waals surface area contributed by atoms with Crippen molar-refractivity contribution in [2.24, 2.45) is 11.3 Å². The lowest BCUT2D eigenvalue weighted by molar-refractivity contribution is -0.144. The molecule has 0 saturated carbocycles. The molecule has 1 aliphatic heterocycles. The van der Waals surface area contributed by atoms with Gasteiger partial charge in [0.05, 0.1) is 13.0 Å². The monoisotopic (exact) mass is 255 g/mol. The van der Waals surface area contributed by atoms with E-state index in [2.05, 4.69) is 32.6 Å². The Morgan fingerprint density at radius 1 is 1.33 bits per heavy atom. The Morgan fingerprint density at radius 2 is 1.89 bits per heavy atom. The highest BCUT2D eigenvalue weighted by atomic mass is 16.5. The molecule has 1 saturated heterocycles. The first-order valence-electron chi connectivity index (χ1n) is 7.24. The van der Waals surface area contributed by atoms with Crippen molar-refractivity contribution < 1.29 is 9.53 Å². The van der Waals surface area contributed by atoms with Crippen LogP contribution in [-0.2, 0) is 9.53 Å². The molecule has 3 nitrogen and oxygen atoms in total. The number of ether oxygens (including phenoxy) is 1. The molecule has 1 atom stereocenters. The Bertz CT molecular complexity index is 262. The number of hydrogen-bond donors (Lipinski definition) is 0. The van der Waals surface area contributed by atoms with E-state index in [9.17, 15) is 4.79 Å². The van der Waals surface area contributed by atoms with Gasteiger partial charge in [0, 0.05) is 6.04 Å². The number of likely N-dealkylation sites (tertiary alicyclic amines) is 1. The highest BCUT2D eigenvalue weighted by molar-refractivity contribution is 5.70. The van der Waals surface area contributed by atoms with E-state index in [-0.39, 0.29) is 5.97 Å². The number of nitrogens with zero attached hydrogens (tertiary/aromatic N) is 1. The molecule has 0 aromatic carbocycles. The highest BCUT2D eigenvalue weighted by Crippen LogP contribution is 2.34. The third-order valence-electron chi connectivity index (χ3n) is 4.15. The van der Waals surface area contributed by atoms with Gasteiger partial charge in [-0.15, -0.1) is 0 Å².